The van der Waals surface area contributed by atoms with Gasteiger partial charge in [0.15, 0.2) is 16.7 Å². The van der Waals surface area contributed by atoms with Crippen LogP contribution in [0.5, 0.6) is 0 Å². The number of anilines is 1. The van der Waals surface area contributed by atoms with Gasteiger partial charge in [0.2, 0.25) is 0 Å². The Balaban J connectivity index is 2.02. The van der Waals surface area contributed by atoms with Crippen molar-refractivity contribution in [2.75, 3.05) is 30.9 Å². The minimum Gasteiger partial charge on any atom is -0.396 e. The summed E-state index contributed by atoms with van der Waals surface area (Å²) in [4.78, 5) is 21.6. The van der Waals surface area contributed by atoms with Gasteiger partial charge in [-0.3, -0.25) is 9.69 Å². The van der Waals surface area contributed by atoms with Gasteiger partial charge < -0.3 is 14.6 Å². The maximum atomic E-state index is 13.4. The predicted octanol–water partition coefficient (Wildman–Crippen LogP) is 4.22. The minimum atomic E-state index is -0.125. The van der Waals surface area contributed by atoms with E-state index >= 15 is 0 Å². The summed E-state index contributed by atoms with van der Waals surface area (Å²) in [6.07, 6.45) is 2.69. The van der Waals surface area contributed by atoms with Crippen LogP contribution in [-0.4, -0.2) is 51.4 Å². The summed E-state index contributed by atoms with van der Waals surface area (Å²) >= 11 is 7.70. The third kappa shape index (κ3) is 4.63. The molecule has 2 aromatic rings. The van der Waals surface area contributed by atoms with Gasteiger partial charge in [-0.25, -0.2) is 4.98 Å². The van der Waals surface area contributed by atoms with E-state index < -0.39 is 0 Å². The van der Waals surface area contributed by atoms with Crippen LogP contribution in [0.1, 0.15) is 42.2 Å². The van der Waals surface area contributed by atoms with Gasteiger partial charge in [-0.15, -0.1) is 0 Å². The third-order valence-electron chi connectivity index (χ3n) is 4.90. The zero-order chi connectivity index (χ0) is 21.0. The van der Waals surface area contributed by atoms with Crippen molar-refractivity contribution < 1.29 is 9.90 Å². The Kier molecular flexibility index (Phi) is 7.27. The smallest absolute Gasteiger partial charge is 0.279 e. The second-order valence-corrected chi connectivity index (χ2v) is 8.49. The number of carbonyl (C=O) groups excluding carboxylic acids is 1. The lowest BCUT2D eigenvalue weighted by Gasteiger charge is -2.35. The van der Waals surface area contributed by atoms with Crippen LogP contribution in [-0.2, 0) is 6.54 Å². The molecule has 0 radical (unpaired) electrons. The van der Waals surface area contributed by atoms with E-state index in [0.29, 0.717) is 41.9 Å². The molecule has 8 heteroatoms. The maximum absolute atomic E-state index is 13.4. The third-order valence-corrected chi connectivity index (χ3v) is 6.22. The highest BCUT2D eigenvalue weighted by atomic mass is 35.5. The minimum absolute atomic E-state index is 0.0236. The lowest BCUT2D eigenvalue weighted by atomic mass is 10.2. The average Bonchev–Trinajstić information content (AvgIpc) is 3.07. The van der Waals surface area contributed by atoms with E-state index in [9.17, 15) is 9.90 Å². The van der Waals surface area contributed by atoms with Crippen LogP contribution in [0.2, 0.25) is 5.02 Å². The maximum Gasteiger partial charge on any atom is 0.279 e. The van der Waals surface area contributed by atoms with Gasteiger partial charge in [0.1, 0.15) is 5.82 Å². The Morgan fingerprint density at radius 3 is 2.62 bits per heavy atom. The van der Waals surface area contributed by atoms with Crippen molar-refractivity contribution in [1.29, 1.82) is 0 Å². The van der Waals surface area contributed by atoms with E-state index in [0.717, 1.165) is 29.3 Å². The number of carbonyl (C=O) groups is 1. The first-order valence-corrected chi connectivity index (χ1v) is 11.2. The molecule has 0 fully saturated rings. The topological polar surface area (TPSA) is 61.6 Å². The van der Waals surface area contributed by atoms with Crippen molar-refractivity contribution in [1.82, 2.24) is 14.5 Å². The first-order chi connectivity index (χ1) is 14.0. The summed E-state index contributed by atoms with van der Waals surface area (Å²) in [6, 6.07) is 7.64. The normalized spacial score (nSPS) is 13.9. The fourth-order valence-electron chi connectivity index (χ4n) is 3.21. The molecule has 1 amide bonds. The molecule has 0 saturated carbocycles. The van der Waals surface area contributed by atoms with Gasteiger partial charge in [-0.05, 0) is 30.5 Å². The Labute approximate surface area is 181 Å². The van der Waals surface area contributed by atoms with Crippen molar-refractivity contribution in [2.45, 2.75) is 37.9 Å². The molecule has 1 aliphatic rings. The summed E-state index contributed by atoms with van der Waals surface area (Å²) in [6.45, 7) is 7.20. The van der Waals surface area contributed by atoms with E-state index in [4.69, 9.17) is 16.6 Å². The molecule has 29 heavy (non-hydrogen) atoms. The quantitative estimate of drug-likeness (QED) is 0.473. The van der Waals surface area contributed by atoms with Gasteiger partial charge in [0, 0.05) is 31.0 Å². The molecule has 1 N–H and O–H groups in total. The number of unbranched alkanes of at least 4 members (excludes halogenated alkanes) is 1. The highest BCUT2D eigenvalue weighted by Crippen LogP contribution is 2.35. The van der Waals surface area contributed by atoms with E-state index in [1.165, 1.54) is 0 Å². The number of thioether (sulfide) groups is 1. The van der Waals surface area contributed by atoms with Crippen LogP contribution in [0.15, 0.2) is 41.8 Å². The number of aliphatic hydroxyl groups excluding tert-OH is 1. The standard InChI is InChI=1S/C21H27ClN4O2S/c1-4-5-13-29-21-23-19-18(26(21)14-16-7-9-17(22)10-8-16)20(28)25(11-6-12-27)15(2)24(19)3/h7-10,27H,2,4-6,11-14H2,1,3H3. The molecule has 1 aliphatic heterocycles. The number of hydrogen-bond acceptors (Lipinski definition) is 5. The molecule has 1 aromatic carbocycles. The second-order valence-electron chi connectivity index (χ2n) is 6.99. The number of aromatic nitrogens is 2. The summed E-state index contributed by atoms with van der Waals surface area (Å²) < 4.78 is 2.00. The molecule has 6 nitrogen and oxygen atoms in total. The van der Waals surface area contributed by atoms with E-state index in [-0.39, 0.29) is 12.5 Å². The first-order valence-electron chi connectivity index (χ1n) is 9.81. The number of nitrogens with zero attached hydrogens (tertiary/aromatic N) is 4. The van der Waals surface area contributed by atoms with Crippen LogP contribution in [0.25, 0.3) is 0 Å². The van der Waals surface area contributed by atoms with E-state index in [2.05, 4.69) is 13.5 Å². The molecule has 0 atom stereocenters. The number of imidazole rings is 1. The van der Waals surface area contributed by atoms with Gasteiger partial charge in [0.05, 0.1) is 6.54 Å². The highest BCUT2D eigenvalue weighted by molar-refractivity contribution is 7.99. The molecule has 0 saturated heterocycles. The lowest BCUT2D eigenvalue weighted by Crippen LogP contribution is -2.44. The Hall–Kier alpha value is -1.96. The van der Waals surface area contributed by atoms with Gasteiger partial charge >= 0.3 is 0 Å². The lowest BCUT2D eigenvalue weighted by molar-refractivity contribution is 0.0774. The van der Waals surface area contributed by atoms with Gasteiger partial charge in [0.25, 0.3) is 5.91 Å². The largest absolute Gasteiger partial charge is 0.396 e. The zero-order valence-electron chi connectivity index (χ0n) is 16.9. The average molecular weight is 435 g/mol. The van der Waals surface area contributed by atoms with Crippen molar-refractivity contribution in [3.05, 3.63) is 52.9 Å². The summed E-state index contributed by atoms with van der Waals surface area (Å²) in [7, 11) is 1.87. The zero-order valence-corrected chi connectivity index (χ0v) is 18.5. The SMILES string of the molecule is C=C1N(CCCO)C(=O)c2c(nc(SCCCC)n2Cc2ccc(Cl)cc2)N1C. The number of fused-ring (bicyclic) bond motifs is 1. The van der Waals surface area contributed by atoms with Crippen molar-refractivity contribution in [2.24, 2.45) is 0 Å². The first kappa shape index (κ1) is 21.7. The molecule has 3 rings (SSSR count). The van der Waals surface area contributed by atoms with Crippen molar-refractivity contribution in [3.63, 3.8) is 0 Å². The Morgan fingerprint density at radius 1 is 1.24 bits per heavy atom. The van der Waals surface area contributed by atoms with Crippen LogP contribution >= 0.6 is 23.4 Å². The molecule has 156 valence electrons. The fourth-order valence-corrected chi connectivity index (χ4v) is 4.41. The molecule has 1 aromatic heterocycles. The molecule has 0 spiro atoms. The number of aliphatic hydroxyl groups is 1. The van der Waals surface area contributed by atoms with E-state index in [1.54, 1.807) is 16.7 Å². The number of rotatable bonds is 9. The molecular formula is C21H27ClN4O2S. The van der Waals surface area contributed by atoms with Crippen LogP contribution in [0.3, 0.4) is 0 Å². The Morgan fingerprint density at radius 2 is 1.97 bits per heavy atom. The summed E-state index contributed by atoms with van der Waals surface area (Å²) in [5, 5.41) is 10.7. The molecule has 0 unspecified atom stereocenters. The summed E-state index contributed by atoms with van der Waals surface area (Å²) in [5.41, 5.74) is 1.61. The number of benzene rings is 1. The van der Waals surface area contributed by atoms with Crippen molar-refractivity contribution >= 4 is 35.1 Å². The molecule has 0 aliphatic carbocycles. The molecule has 2 heterocycles. The number of halogens is 1. The number of hydrogen-bond donors (Lipinski definition) is 1. The highest BCUT2D eigenvalue weighted by Gasteiger charge is 2.36. The van der Waals surface area contributed by atoms with Crippen LogP contribution < -0.4 is 4.90 Å². The Bertz CT molecular complexity index is 882. The van der Waals surface area contributed by atoms with Gasteiger partial charge in [-0.2, -0.15) is 0 Å². The summed E-state index contributed by atoms with van der Waals surface area (Å²) in [5.74, 6) is 2.03. The van der Waals surface area contributed by atoms with Crippen molar-refractivity contribution in [3.8, 4) is 0 Å². The molecular weight excluding hydrogens is 408 g/mol. The van der Waals surface area contributed by atoms with E-state index in [1.807, 2.05) is 40.8 Å². The van der Waals surface area contributed by atoms with Gasteiger partial charge in [-0.1, -0.05) is 55.4 Å². The van der Waals surface area contributed by atoms with Crippen LogP contribution in [0, 0.1) is 0 Å². The second kappa shape index (κ2) is 9.69. The van der Waals surface area contributed by atoms with Crippen LogP contribution in [0.4, 0.5) is 5.82 Å². The molecule has 0 bridgehead atoms. The fraction of sp³-hybridized carbons (Fsp3) is 0.429. The predicted molar refractivity (Wildman–Crippen MR) is 119 cm³/mol. The number of amides is 1. The monoisotopic (exact) mass is 434 g/mol.